The van der Waals surface area contributed by atoms with E-state index in [2.05, 4.69) is 9.68 Å². The predicted molar refractivity (Wildman–Crippen MR) is 128 cm³/mol. The van der Waals surface area contributed by atoms with Gasteiger partial charge in [-0.15, -0.1) is 11.3 Å². The molecule has 162 valence electrons. The number of rotatable bonds is 4. The highest BCUT2D eigenvalue weighted by Crippen LogP contribution is 2.30. The van der Waals surface area contributed by atoms with Gasteiger partial charge < -0.3 is 11.1 Å². The first kappa shape index (κ1) is 22.7. The maximum absolute atomic E-state index is 12.9. The van der Waals surface area contributed by atoms with E-state index in [9.17, 15) is 13.8 Å². The van der Waals surface area contributed by atoms with Gasteiger partial charge in [0, 0.05) is 27.0 Å². The Morgan fingerprint density at radius 3 is 2.32 bits per heavy atom. The van der Waals surface area contributed by atoms with E-state index in [-0.39, 0.29) is 5.91 Å². The van der Waals surface area contributed by atoms with E-state index in [0.29, 0.717) is 21.8 Å². The molecule has 0 aliphatic carbocycles. The monoisotopic (exact) mass is 455 g/mol. The van der Waals surface area contributed by atoms with Crippen LogP contribution in [0.5, 0.6) is 0 Å². The largest absolute Gasteiger partial charge is 0.397 e. The van der Waals surface area contributed by atoms with Gasteiger partial charge in [-0.25, -0.2) is 4.21 Å². The number of thiophene rings is 1. The molecule has 1 atom stereocenters. The Labute approximate surface area is 186 Å². The highest BCUT2D eigenvalue weighted by molar-refractivity contribution is 7.93. The van der Waals surface area contributed by atoms with E-state index in [0.717, 1.165) is 10.4 Å². The minimum atomic E-state index is -2.91. The van der Waals surface area contributed by atoms with Crippen LogP contribution in [0.3, 0.4) is 0 Å². The highest BCUT2D eigenvalue weighted by atomic mass is 32.2. The maximum Gasteiger partial charge on any atom is 0.259 e. The summed E-state index contributed by atoms with van der Waals surface area (Å²) in [5, 5.41) is 4.82. The third kappa shape index (κ3) is 5.39. The summed E-state index contributed by atoms with van der Waals surface area (Å²) in [6.07, 6.45) is 1.42. The first-order chi connectivity index (χ1) is 14.5. The van der Waals surface area contributed by atoms with Crippen LogP contribution in [-0.4, -0.2) is 22.3 Å². The summed E-state index contributed by atoms with van der Waals surface area (Å²) < 4.78 is 16.8. The van der Waals surface area contributed by atoms with Gasteiger partial charge >= 0.3 is 0 Å². The normalized spacial score (nSPS) is 13.3. The average Bonchev–Trinajstić information content (AvgIpc) is 3.23. The molecule has 0 spiro atoms. The van der Waals surface area contributed by atoms with Crippen molar-refractivity contribution < 1.29 is 13.8 Å². The van der Waals surface area contributed by atoms with E-state index >= 15 is 0 Å². The van der Waals surface area contributed by atoms with E-state index in [4.69, 9.17) is 5.73 Å². The van der Waals surface area contributed by atoms with Gasteiger partial charge in [0.25, 0.3) is 11.8 Å². The van der Waals surface area contributed by atoms with Crippen LogP contribution in [0.25, 0.3) is 10.4 Å². The van der Waals surface area contributed by atoms with Crippen LogP contribution in [-0.2, 0) is 14.5 Å². The molecule has 0 saturated carbocycles. The van der Waals surface area contributed by atoms with Crippen LogP contribution in [0.4, 0.5) is 11.4 Å². The zero-order valence-corrected chi connectivity index (χ0v) is 19.5. The second-order valence-electron chi connectivity index (χ2n) is 8.21. The van der Waals surface area contributed by atoms with Crippen molar-refractivity contribution in [3.8, 4) is 10.4 Å². The van der Waals surface area contributed by atoms with Gasteiger partial charge in [-0.3, -0.25) is 9.59 Å². The number of anilines is 2. The summed E-state index contributed by atoms with van der Waals surface area (Å²) in [5.41, 5.74) is 7.64. The number of hydrogen-bond acceptors (Lipinski definition) is 5. The Kier molecular flexibility index (Phi) is 6.33. The van der Waals surface area contributed by atoms with Crippen molar-refractivity contribution in [3.63, 3.8) is 0 Å². The minimum Gasteiger partial charge on any atom is -0.397 e. The molecule has 0 aliphatic rings. The fourth-order valence-corrected chi connectivity index (χ4v) is 4.72. The Balaban J connectivity index is 1.82. The molecule has 8 heteroatoms. The van der Waals surface area contributed by atoms with Crippen molar-refractivity contribution in [2.75, 3.05) is 17.3 Å². The SMILES string of the molecule is CC(C)(C)C(=O)N=S(C)(=O)c1ccc(C(=O)Nc2cc(-c3cccs3)ccc2N)cc1. The zero-order chi connectivity index (χ0) is 22.8. The molecule has 2 amide bonds. The van der Waals surface area contributed by atoms with Crippen LogP contribution in [0, 0.1) is 5.41 Å². The average molecular weight is 456 g/mol. The summed E-state index contributed by atoms with van der Waals surface area (Å²) in [7, 11) is -2.91. The molecule has 3 N–H and O–H groups in total. The smallest absolute Gasteiger partial charge is 0.259 e. The number of nitrogens with one attached hydrogen (secondary N) is 1. The number of carbonyl (C=O) groups is 2. The lowest BCUT2D eigenvalue weighted by atomic mass is 9.96. The second-order valence-corrected chi connectivity index (χ2v) is 11.4. The summed E-state index contributed by atoms with van der Waals surface area (Å²) in [6.45, 7) is 5.17. The quantitative estimate of drug-likeness (QED) is 0.523. The molecule has 2 aromatic carbocycles. The molecule has 0 bridgehead atoms. The topological polar surface area (TPSA) is 102 Å². The Hall–Kier alpha value is -2.97. The van der Waals surface area contributed by atoms with E-state index in [1.54, 1.807) is 62.4 Å². The first-order valence-corrected chi connectivity index (χ1v) is 12.4. The molecule has 3 rings (SSSR count). The highest BCUT2D eigenvalue weighted by Gasteiger charge is 2.23. The van der Waals surface area contributed by atoms with Gasteiger partial charge in [0.05, 0.1) is 21.1 Å². The first-order valence-electron chi connectivity index (χ1n) is 9.59. The van der Waals surface area contributed by atoms with Crippen LogP contribution in [0.15, 0.2) is 69.2 Å². The summed E-state index contributed by atoms with van der Waals surface area (Å²) >= 11 is 1.60. The molecule has 1 heterocycles. The molecule has 1 unspecified atom stereocenters. The van der Waals surface area contributed by atoms with E-state index in [1.165, 1.54) is 6.26 Å². The van der Waals surface area contributed by atoms with Gasteiger partial charge in [0.15, 0.2) is 0 Å². The Morgan fingerprint density at radius 2 is 1.74 bits per heavy atom. The van der Waals surface area contributed by atoms with Crippen molar-refractivity contribution in [1.82, 2.24) is 0 Å². The number of carbonyl (C=O) groups excluding carboxylic acids is 2. The fourth-order valence-electron chi connectivity index (χ4n) is 2.66. The third-order valence-corrected chi connectivity index (χ3v) is 7.14. The number of nitrogens with two attached hydrogens (primary N) is 1. The van der Waals surface area contributed by atoms with Crippen LogP contribution < -0.4 is 11.1 Å². The summed E-state index contributed by atoms with van der Waals surface area (Å²) in [6, 6.07) is 15.7. The van der Waals surface area contributed by atoms with Gasteiger partial charge in [-0.05, 0) is 53.4 Å². The molecular weight excluding hydrogens is 430 g/mol. The van der Waals surface area contributed by atoms with Crippen molar-refractivity contribution in [3.05, 3.63) is 65.5 Å². The zero-order valence-electron chi connectivity index (χ0n) is 17.8. The number of nitrogens with zero attached hydrogens (tertiary/aromatic N) is 1. The van der Waals surface area contributed by atoms with Crippen molar-refractivity contribution in [2.45, 2.75) is 25.7 Å². The van der Waals surface area contributed by atoms with Crippen molar-refractivity contribution in [1.29, 1.82) is 0 Å². The number of nitrogen functional groups attached to an aromatic ring is 1. The van der Waals surface area contributed by atoms with Gasteiger partial charge in [-0.2, -0.15) is 4.36 Å². The molecule has 0 saturated heterocycles. The number of amides is 2. The number of benzene rings is 2. The molecule has 1 aromatic heterocycles. The Bertz CT molecular complexity index is 1230. The molecule has 31 heavy (non-hydrogen) atoms. The lowest BCUT2D eigenvalue weighted by Gasteiger charge is -2.14. The maximum atomic E-state index is 12.9. The molecule has 0 radical (unpaired) electrons. The third-order valence-electron chi connectivity index (χ3n) is 4.56. The molecule has 6 nitrogen and oxygen atoms in total. The summed E-state index contributed by atoms with van der Waals surface area (Å²) in [5.74, 6) is -0.769. The second kappa shape index (κ2) is 8.64. The van der Waals surface area contributed by atoms with E-state index in [1.807, 2.05) is 29.6 Å². The van der Waals surface area contributed by atoms with Gasteiger partial charge in [-0.1, -0.05) is 32.9 Å². The van der Waals surface area contributed by atoms with Crippen molar-refractivity contribution in [2.24, 2.45) is 9.78 Å². The van der Waals surface area contributed by atoms with Crippen LogP contribution in [0.1, 0.15) is 31.1 Å². The van der Waals surface area contributed by atoms with Gasteiger partial charge in [0.2, 0.25) is 0 Å². The fraction of sp³-hybridized carbons (Fsp3) is 0.217. The van der Waals surface area contributed by atoms with Gasteiger partial charge in [0.1, 0.15) is 0 Å². The Morgan fingerprint density at radius 1 is 1.06 bits per heavy atom. The molecule has 0 aliphatic heterocycles. The summed E-state index contributed by atoms with van der Waals surface area (Å²) in [4.78, 5) is 26.3. The molecule has 3 aromatic rings. The van der Waals surface area contributed by atoms with Crippen LogP contribution >= 0.6 is 11.3 Å². The van der Waals surface area contributed by atoms with E-state index < -0.39 is 21.1 Å². The minimum absolute atomic E-state index is 0.341. The lowest BCUT2D eigenvalue weighted by molar-refractivity contribution is -0.124. The standard InChI is InChI=1S/C23H25N3O3S2/c1-23(2,3)22(28)26-31(4,29)17-10-7-15(8-11-17)21(27)25-19-14-16(9-12-18(19)24)20-6-5-13-30-20/h5-14H,24H2,1-4H3,(H,25,27). The predicted octanol–water partition coefficient (Wildman–Crippen LogP) is 5.28. The molecular formula is C23H25N3O3S2. The lowest BCUT2D eigenvalue weighted by Crippen LogP contribution is -2.19. The molecule has 0 fully saturated rings. The van der Waals surface area contributed by atoms with Crippen LogP contribution in [0.2, 0.25) is 0 Å². The number of hydrogen-bond donors (Lipinski definition) is 2. The van der Waals surface area contributed by atoms with Crippen molar-refractivity contribution >= 4 is 44.3 Å².